The molecule has 0 unspecified atom stereocenters. The van der Waals surface area contributed by atoms with Gasteiger partial charge < -0.3 is 10.1 Å². The molecule has 0 saturated heterocycles. The zero-order chi connectivity index (χ0) is 13.9. The van der Waals surface area contributed by atoms with Gasteiger partial charge >= 0.3 is 0 Å². The van der Waals surface area contributed by atoms with E-state index >= 15 is 0 Å². The van der Waals surface area contributed by atoms with Crippen LogP contribution in [-0.2, 0) is 5.54 Å². The van der Waals surface area contributed by atoms with E-state index in [-0.39, 0.29) is 11.6 Å². The van der Waals surface area contributed by atoms with Crippen molar-refractivity contribution in [1.29, 1.82) is 0 Å². The van der Waals surface area contributed by atoms with Crippen molar-refractivity contribution < 1.29 is 4.74 Å². The van der Waals surface area contributed by atoms with Crippen molar-refractivity contribution >= 4 is 17.2 Å². The molecule has 2 heterocycles. The quantitative estimate of drug-likeness (QED) is 0.905. The fourth-order valence-corrected chi connectivity index (χ4v) is 2.43. The van der Waals surface area contributed by atoms with E-state index < -0.39 is 0 Å². The van der Waals surface area contributed by atoms with Crippen LogP contribution < -0.4 is 10.1 Å². The molecule has 0 atom stereocenters. The van der Waals surface area contributed by atoms with Crippen molar-refractivity contribution in [1.82, 2.24) is 9.97 Å². The van der Waals surface area contributed by atoms with Crippen molar-refractivity contribution in [3.63, 3.8) is 0 Å². The lowest BCUT2D eigenvalue weighted by molar-refractivity contribution is 0.242. The molecule has 2 rings (SSSR count). The Morgan fingerprint density at radius 1 is 1.26 bits per heavy atom. The number of nitrogens with one attached hydrogen (secondary N) is 1. The Labute approximate surface area is 117 Å². The van der Waals surface area contributed by atoms with Gasteiger partial charge in [0.1, 0.15) is 5.01 Å². The number of nitrogens with zero attached hydrogens (tertiary/aromatic N) is 2. The van der Waals surface area contributed by atoms with Crippen LogP contribution in [0, 0.1) is 0 Å². The first kappa shape index (κ1) is 13.8. The average Bonchev–Trinajstić information content (AvgIpc) is 2.85. The first-order valence-corrected chi connectivity index (χ1v) is 7.17. The molecule has 0 amide bonds. The first-order chi connectivity index (χ1) is 8.99. The highest BCUT2D eigenvalue weighted by Crippen LogP contribution is 2.31. The summed E-state index contributed by atoms with van der Waals surface area (Å²) < 4.78 is 5.77. The smallest absolute Gasteiger partial charge is 0.169 e. The van der Waals surface area contributed by atoms with Gasteiger partial charge in [-0.25, -0.2) is 9.97 Å². The molecule has 0 spiro atoms. The van der Waals surface area contributed by atoms with Gasteiger partial charge in [-0.2, -0.15) is 0 Å². The van der Waals surface area contributed by atoms with Crippen LogP contribution in [0.3, 0.4) is 0 Å². The number of thiazole rings is 1. The Balaban J connectivity index is 2.23. The van der Waals surface area contributed by atoms with Crippen LogP contribution in [0.2, 0.25) is 0 Å². The zero-order valence-electron chi connectivity index (χ0n) is 11.7. The van der Waals surface area contributed by atoms with Crippen molar-refractivity contribution in [2.45, 2.75) is 39.3 Å². The largest absolute Gasteiger partial charge is 0.487 e. The summed E-state index contributed by atoms with van der Waals surface area (Å²) >= 11 is 1.63. The van der Waals surface area contributed by atoms with Crippen LogP contribution in [0.4, 0.5) is 5.82 Å². The van der Waals surface area contributed by atoms with Crippen molar-refractivity contribution in [2.24, 2.45) is 0 Å². The number of rotatable bonds is 5. The molecule has 2 aromatic heterocycles. The molecule has 0 aliphatic heterocycles. The van der Waals surface area contributed by atoms with Crippen molar-refractivity contribution in [3.05, 3.63) is 34.9 Å². The van der Waals surface area contributed by atoms with E-state index in [1.165, 1.54) is 0 Å². The highest BCUT2D eigenvalue weighted by Gasteiger charge is 2.25. The van der Waals surface area contributed by atoms with Crippen LogP contribution in [0.1, 0.15) is 32.7 Å². The standard InChI is InChI=1S/C14H19N3OS/c1-10(2)18-11-6-5-7-15-12(11)17-14(3,4)13-16-8-9-19-13/h5-10H,1-4H3,(H,15,17). The Morgan fingerprint density at radius 3 is 2.68 bits per heavy atom. The third-order valence-corrected chi connectivity index (χ3v) is 3.63. The molecule has 0 fully saturated rings. The SMILES string of the molecule is CC(C)Oc1cccnc1NC(C)(C)c1nccs1. The maximum atomic E-state index is 5.77. The molecule has 4 nitrogen and oxygen atoms in total. The third-order valence-electron chi connectivity index (χ3n) is 2.53. The lowest BCUT2D eigenvalue weighted by atomic mass is 10.1. The summed E-state index contributed by atoms with van der Waals surface area (Å²) in [6, 6.07) is 3.80. The summed E-state index contributed by atoms with van der Waals surface area (Å²) in [5.74, 6) is 1.51. The van der Waals surface area contributed by atoms with Crippen LogP contribution in [0.25, 0.3) is 0 Å². The van der Waals surface area contributed by atoms with Crippen LogP contribution >= 0.6 is 11.3 Å². The van der Waals surface area contributed by atoms with Gasteiger partial charge in [-0.05, 0) is 39.8 Å². The summed E-state index contributed by atoms with van der Waals surface area (Å²) in [4.78, 5) is 8.73. The third kappa shape index (κ3) is 3.44. The van der Waals surface area contributed by atoms with Gasteiger partial charge in [-0.15, -0.1) is 11.3 Å². The van der Waals surface area contributed by atoms with Gasteiger partial charge in [0.25, 0.3) is 0 Å². The summed E-state index contributed by atoms with van der Waals surface area (Å²) in [7, 11) is 0. The molecule has 0 aliphatic rings. The second-order valence-electron chi connectivity index (χ2n) is 5.10. The molecule has 0 aromatic carbocycles. The van der Waals surface area contributed by atoms with Crippen molar-refractivity contribution in [2.75, 3.05) is 5.32 Å². The van der Waals surface area contributed by atoms with Crippen LogP contribution in [0.5, 0.6) is 5.75 Å². The van der Waals surface area contributed by atoms with E-state index in [1.54, 1.807) is 17.5 Å². The Morgan fingerprint density at radius 2 is 2.05 bits per heavy atom. The first-order valence-electron chi connectivity index (χ1n) is 6.29. The van der Waals surface area contributed by atoms with E-state index in [0.717, 1.165) is 16.6 Å². The number of hydrogen-bond acceptors (Lipinski definition) is 5. The number of pyridine rings is 1. The predicted octanol–water partition coefficient (Wildman–Crippen LogP) is 3.67. The Hall–Kier alpha value is -1.62. The van der Waals surface area contributed by atoms with Gasteiger partial charge in [0, 0.05) is 17.8 Å². The molecule has 0 radical (unpaired) electrons. The van der Waals surface area contributed by atoms with E-state index in [1.807, 2.05) is 37.6 Å². The van der Waals surface area contributed by atoms with E-state index in [0.29, 0.717) is 0 Å². The Kier molecular flexibility index (Phi) is 4.04. The van der Waals surface area contributed by atoms with Crippen molar-refractivity contribution in [3.8, 4) is 5.75 Å². The highest BCUT2D eigenvalue weighted by atomic mass is 32.1. The molecule has 0 aliphatic carbocycles. The van der Waals surface area contributed by atoms with Gasteiger partial charge in [0.15, 0.2) is 11.6 Å². The number of anilines is 1. The molecule has 5 heteroatoms. The van der Waals surface area contributed by atoms with Gasteiger partial charge in [0.2, 0.25) is 0 Å². The molecule has 19 heavy (non-hydrogen) atoms. The van der Waals surface area contributed by atoms with Gasteiger partial charge in [-0.1, -0.05) is 0 Å². The second kappa shape index (κ2) is 5.57. The molecule has 0 saturated carbocycles. The number of hydrogen-bond donors (Lipinski definition) is 1. The van der Waals surface area contributed by atoms with E-state index in [4.69, 9.17) is 4.74 Å². The average molecular weight is 277 g/mol. The molecule has 0 bridgehead atoms. The normalized spacial score (nSPS) is 11.6. The summed E-state index contributed by atoms with van der Waals surface area (Å²) in [5, 5.41) is 6.40. The monoisotopic (exact) mass is 277 g/mol. The molecular weight excluding hydrogens is 258 g/mol. The van der Waals surface area contributed by atoms with Gasteiger partial charge in [0.05, 0.1) is 11.6 Å². The maximum absolute atomic E-state index is 5.77. The minimum atomic E-state index is -0.280. The summed E-state index contributed by atoms with van der Waals surface area (Å²) in [5.41, 5.74) is -0.280. The predicted molar refractivity (Wildman–Crippen MR) is 78.8 cm³/mol. The Bertz CT molecular complexity index is 523. The minimum absolute atomic E-state index is 0.118. The second-order valence-corrected chi connectivity index (χ2v) is 6.00. The fourth-order valence-electron chi connectivity index (χ4n) is 1.72. The summed E-state index contributed by atoms with van der Waals surface area (Å²) in [6.45, 7) is 8.17. The van der Waals surface area contributed by atoms with E-state index in [2.05, 4.69) is 29.1 Å². The maximum Gasteiger partial charge on any atom is 0.169 e. The molecule has 2 aromatic rings. The highest BCUT2D eigenvalue weighted by molar-refractivity contribution is 7.09. The van der Waals surface area contributed by atoms with Crippen LogP contribution in [-0.4, -0.2) is 16.1 Å². The zero-order valence-corrected chi connectivity index (χ0v) is 12.5. The topological polar surface area (TPSA) is 47.0 Å². The molecule has 102 valence electrons. The number of ether oxygens (including phenoxy) is 1. The lowest BCUT2D eigenvalue weighted by Gasteiger charge is -2.26. The van der Waals surface area contributed by atoms with Gasteiger partial charge in [-0.3, -0.25) is 0 Å². The summed E-state index contributed by atoms with van der Waals surface area (Å²) in [6.07, 6.45) is 3.69. The van der Waals surface area contributed by atoms with Crippen LogP contribution in [0.15, 0.2) is 29.9 Å². The number of aromatic nitrogens is 2. The lowest BCUT2D eigenvalue weighted by Crippen LogP contribution is -2.28. The molecular formula is C14H19N3OS. The fraction of sp³-hybridized carbons (Fsp3) is 0.429. The minimum Gasteiger partial charge on any atom is -0.487 e. The molecule has 1 N–H and O–H groups in total. The van der Waals surface area contributed by atoms with E-state index in [9.17, 15) is 0 Å².